The van der Waals surface area contributed by atoms with Crippen LogP contribution in [0.15, 0.2) is 73.1 Å². The number of benzene rings is 3. The number of carbonyl (C=O) groups is 1. The van der Waals surface area contributed by atoms with E-state index in [1.54, 1.807) is 61.9 Å². The third-order valence-corrected chi connectivity index (χ3v) is 7.67. The highest BCUT2D eigenvalue weighted by atomic mass is 16.5. The summed E-state index contributed by atoms with van der Waals surface area (Å²) in [6, 6.07) is 17.0. The smallest absolute Gasteiger partial charge is 0.160 e. The van der Waals surface area contributed by atoms with E-state index in [0.717, 1.165) is 22.3 Å². The molecule has 1 aromatic heterocycles. The number of ketones is 1. The van der Waals surface area contributed by atoms with E-state index in [0.29, 0.717) is 36.4 Å². The molecule has 4 aromatic rings. The van der Waals surface area contributed by atoms with Crippen LogP contribution in [0.4, 0.5) is 0 Å². The average molecular weight is 588 g/mol. The van der Waals surface area contributed by atoms with Crippen molar-refractivity contribution >= 4 is 5.78 Å². The van der Waals surface area contributed by atoms with Crippen LogP contribution in [0.25, 0.3) is 0 Å². The van der Waals surface area contributed by atoms with E-state index < -0.39 is 12.0 Å². The monoisotopic (exact) mass is 587 g/mol. The number of aliphatic hydroxyl groups excluding tert-OH is 1. The number of phenolic OH excluding ortho intramolecular Hbond substituents is 3. The largest absolute Gasteiger partial charge is 0.670 e. The van der Waals surface area contributed by atoms with Crippen LogP contribution in [0.2, 0.25) is 0 Å². The quantitative estimate of drug-likeness (QED) is 0.138. The maximum Gasteiger partial charge on any atom is 0.160 e. The Bertz CT molecular complexity index is 1500. The maximum absolute atomic E-state index is 14.1. The van der Waals surface area contributed by atoms with Crippen molar-refractivity contribution in [1.82, 2.24) is 10.3 Å². The van der Waals surface area contributed by atoms with E-state index in [-0.39, 0.29) is 41.8 Å². The zero-order valence-corrected chi connectivity index (χ0v) is 24.7. The molecule has 9 heteroatoms. The van der Waals surface area contributed by atoms with Gasteiger partial charge in [0.25, 0.3) is 0 Å². The minimum atomic E-state index is -0.992. The number of hydrogen-bond donors (Lipinski definition) is 5. The fourth-order valence-corrected chi connectivity index (χ4v) is 5.46. The highest BCUT2D eigenvalue weighted by molar-refractivity contribution is 5.86. The van der Waals surface area contributed by atoms with Gasteiger partial charge in [-0.15, -0.1) is 0 Å². The second-order valence-corrected chi connectivity index (χ2v) is 10.8. The van der Waals surface area contributed by atoms with Crippen molar-refractivity contribution in [2.45, 2.75) is 44.2 Å². The number of phenols is 3. The number of aliphatic hydroxyl groups is 1. The first-order valence-corrected chi connectivity index (χ1v) is 14.2. The van der Waals surface area contributed by atoms with Crippen molar-refractivity contribution < 1.29 is 34.7 Å². The fraction of sp³-hybridized carbons (Fsp3) is 0.324. The van der Waals surface area contributed by atoms with Crippen molar-refractivity contribution in [1.29, 1.82) is 0 Å². The summed E-state index contributed by atoms with van der Waals surface area (Å²) in [6.07, 6.45) is 3.54. The van der Waals surface area contributed by atoms with Gasteiger partial charge in [0.1, 0.15) is 11.5 Å². The molecule has 0 aliphatic carbocycles. The summed E-state index contributed by atoms with van der Waals surface area (Å²) < 4.78 is 10.5. The molecule has 1 heterocycles. The highest BCUT2D eigenvalue weighted by Crippen LogP contribution is 2.34. The molecule has 43 heavy (non-hydrogen) atoms. The zero-order valence-electron chi connectivity index (χ0n) is 24.7. The number of nitrogens with one attached hydrogen (secondary N) is 1. The van der Waals surface area contributed by atoms with Crippen LogP contribution in [0, 0.1) is 5.92 Å². The predicted molar refractivity (Wildman–Crippen MR) is 163 cm³/mol. The zero-order chi connectivity index (χ0) is 30.9. The molecule has 0 saturated carbocycles. The van der Waals surface area contributed by atoms with Gasteiger partial charge in [0.05, 0.1) is 20.3 Å². The van der Waals surface area contributed by atoms with Gasteiger partial charge >= 0.3 is 0 Å². The van der Waals surface area contributed by atoms with Gasteiger partial charge in [-0.1, -0.05) is 29.8 Å². The van der Waals surface area contributed by atoms with Crippen LogP contribution in [-0.2, 0) is 30.6 Å². The molecule has 5 N–H and O–H groups in total. The number of carbonyl (C=O) groups excluding carboxylic acids is 1. The molecule has 0 bridgehead atoms. The summed E-state index contributed by atoms with van der Waals surface area (Å²) >= 11 is 0. The number of aromatic nitrogens is 1. The molecule has 0 aliphatic rings. The number of Topliss-reactive ketones (excluding diaryl/α,β-unsaturated/α-hetero) is 1. The van der Waals surface area contributed by atoms with Gasteiger partial charge in [-0.05, 0) is 90.9 Å². The van der Waals surface area contributed by atoms with E-state index in [2.05, 4.69) is 10.3 Å². The minimum Gasteiger partial charge on any atom is -0.670 e. The molecule has 3 atom stereocenters. The summed E-state index contributed by atoms with van der Waals surface area (Å²) in [5.41, 5.74) is 4.01. The standard InChI is InChI=1S/C34H39N2O7/c1-35-19-24-12-25(17-27(37)13-24)28(14-22-5-7-30(39)34(16-22)43-3)32(41)18-31(40)26(11-23-8-9-36-20-23)10-21-4-6-29(38)33(15-21)42-2/h4-9,12-13,15-17,20,26,28,31,35,37-40H,10-11,14,18-19H2,1-3H3/q-1. The number of rotatable bonds is 15. The van der Waals surface area contributed by atoms with Gasteiger partial charge in [-0.25, -0.2) is 0 Å². The van der Waals surface area contributed by atoms with Gasteiger partial charge in [0.2, 0.25) is 0 Å². The van der Waals surface area contributed by atoms with Crippen LogP contribution in [0.5, 0.6) is 28.7 Å². The summed E-state index contributed by atoms with van der Waals surface area (Å²) in [5, 5.41) is 45.3. The lowest BCUT2D eigenvalue weighted by Crippen LogP contribution is -2.30. The van der Waals surface area contributed by atoms with Crippen molar-refractivity contribution in [3.05, 3.63) is 101 Å². The van der Waals surface area contributed by atoms with Crippen molar-refractivity contribution in [3.8, 4) is 28.7 Å². The Morgan fingerprint density at radius 1 is 0.814 bits per heavy atom. The lowest BCUT2D eigenvalue weighted by Gasteiger charge is -2.26. The Hall–Kier alpha value is -4.47. The summed E-state index contributed by atoms with van der Waals surface area (Å²) in [7, 11) is 4.74. The number of nitrogens with zero attached hydrogens (tertiary/aromatic N) is 1. The first kappa shape index (κ1) is 31.5. The molecule has 0 fully saturated rings. The molecular weight excluding hydrogens is 548 g/mol. The van der Waals surface area contributed by atoms with Crippen LogP contribution in [-0.4, -0.2) is 53.6 Å². The van der Waals surface area contributed by atoms with E-state index >= 15 is 0 Å². The Labute approximate surface area is 251 Å². The number of ether oxygens (including phenoxy) is 2. The first-order valence-electron chi connectivity index (χ1n) is 14.2. The maximum atomic E-state index is 14.1. The topological polar surface area (TPSA) is 143 Å². The molecule has 3 unspecified atom stereocenters. The van der Waals surface area contributed by atoms with Crippen LogP contribution < -0.4 is 19.8 Å². The molecule has 0 amide bonds. The van der Waals surface area contributed by atoms with Gasteiger partial charge in [0.15, 0.2) is 23.0 Å². The number of aromatic hydroxyl groups is 3. The van der Waals surface area contributed by atoms with Crippen LogP contribution in [0.1, 0.15) is 40.2 Å². The lowest BCUT2D eigenvalue weighted by molar-refractivity contribution is -0.123. The predicted octanol–water partition coefficient (Wildman–Crippen LogP) is 4.25. The number of methoxy groups -OCH3 is 2. The van der Waals surface area contributed by atoms with Crippen LogP contribution >= 0.6 is 0 Å². The van der Waals surface area contributed by atoms with Gasteiger partial charge in [-0.3, -0.25) is 4.79 Å². The fourth-order valence-electron chi connectivity index (χ4n) is 5.46. The van der Waals surface area contributed by atoms with Gasteiger partial charge in [-0.2, -0.15) is 12.4 Å². The summed E-state index contributed by atoms with van der Waals surface area (Å²) in [5.74, 6) is -0.500. The molecule has 0 radical (unpaired) electrons. The molecule has 0 aliphatic heterocycles. The molecule has 0 saturated heterocycles. The second-order valence-electron chi connectivity index (χ2n) is 10.8. The molecule has 0 spiro atoms. The third-order valence-electron chi connectivity index (χ3n) is 7.67. The lowest BCUT2D eigenvalue weighted by atomic mass is 9.81. The van der Waals surface area contributed by atoms with E-state index in [4.69, 9.17) is 9.47 Å². The van der Waals surface area contributed by atoms with E-state index in [1.165, 1.54) is 20.3 Å². The highest BCUT2D eigenvalue weighted by Gasteiger charge is 2.29. The van der Waals surface area contributed by atoms with Crippen molar-refractivity contribution in [2.75, 3.05) is 21.3 Å². The summed E-state index contributed by atoms with van der Waals surface area (Å²) in [4.78, 5) is 18.2. The minimum absolute atomic E-state index is 0.00563. The van der Waals surface area contributed by atoms with Crippen molar-refractivity contribution in [2.24, 2.45) is 5.92 Å². The van der Waals surface area contributed by atoms with Gasteiger partial charge in [0, 0.05) is 18.9 Å². The average Bonchev–Trinajstić information content (AvgIpc) is 3.50. The molecule has 228 valence electrons. The SMILES string of the molecule is CNCc1cc(O)cc(C(Cc2ccc(O)c(OC)c2)C(=O)CC(O)C(Cc2cc[n-]c2)Cc2ccc(O)c(OC)c2)c1. The van der Waals surface area contributed by atoms with E-state index in [9.17, 15) is 25.2 Å². The van der Waals surface area contributed by atoms with Crippen LogP contribution in [0.3, 0.4) is 0 Å². The molecule has 3 aromatic carbocycles. The third kappa shape index (κ3) is 8.30. The molecule has 4 rings (SSSR count). The van der Waals surface area contributed by atoms with E-state index in [1.807, 2.05) is 12.1 Å². The second kappa shape index (κ2) is 14.6. The Balaban J connectivity index is 1.64. The normalized spacial score (nSPS) is 13.3. The van der Waals surface area contributed by atoms with Crippen molar-refractivity contribution in [3.63, 3.8) is 0 Å². The Kier molecular flexibility index (Phi) is 10.7. The Morgan fingerprint density at radius 3 is 2.02 bits per heavy atom. The Morgan fingerprint density at radius 2 is 1.44 bits per heavy atom. The first-order chi connectivity index (χ1) is 20.7. The number of hydrogen-bond acceptors (Lipinski definition) is 8. The molecular formula is C34H39N2O7-. The summed E-state index contributed by atoms with van der Waals surface area (Å²) in [6.45, 7) is 0.504. The van der Waals surface area contributed by atoms with Gasteiger partial charge < -0.3 is 40.2 Å². The molecule has 9 nitrogen and oxygen atoms in total.